The van der Waals surface area contributed by atoms with E-state index in [0.717, 1.165) is 16.8 Å². The van der Waals surface area contributed by atoms with E-state index < -0.39 is 16.1 Å². The first kappa shape index (κ1) is 17.3. The summed E-state index contributed by atoms with van der Waals surface area (Å²) in [6.45, 7) is 0. The van der Waals surface area contributed by atoms with Crippen LogP contribution in [0.5, 0.6) is 5.75 Å². The number of rotatable bonds is 4. The SMILES string of the molecule is COC(=O)c1ccc(Cl)c(S(=O)(=O)Oc2ccc3ccccc3c2)c1. The molecule has 5 nitrogen and oxygen atoms in total. The van der Waals surface area contributed by atoms with Crippen molar-refractivity contribution in [3.8, 4) is 5.75 Å². The number of methoxy groups -OCH3 is 1. The molecule has 0 saturated carbocycles. The molecule has 0 bridgehead atoms. The number of benzene rings is 3. The Bertz CT molecular complexity index is 1060. The third-order valence-electron chi connectivity index (χ3n) is 3.55. The molecule has 3 rings (SSSR count). The molecule has 128 valence electrons. The summed E-state index contributed by atoms with van der Waals surface area (Å²) in [5.41, 5.74) is 0.0626. The minimum atomic E-state index is -4.22. The van der Waals surface area contributed by atoms with E-state index in [1.807, 2.05) is 24.3 Å². The van der Waals surface area contributed by atoms with Gasteiger partial charge in [0, 0.05) is 0 Å². The lowest BCUT2D eigenvalue weighted by Crippen LogP contribution is -2.12. The number of halogens is 1. The highest BCUT2D eigenvalue weighted by Crippen LogP contribution is 2.28. The Morgan fingerprint density at radius 2 is 1.68 bits per heavy atom. The van der Waals surface area contributed by atoms with Crippen molar-refractivity contribution in [1.82, 2.24) is 0 Å². The average Bonchev–Trinajstić information content (AvgIpc) is 2.61. The number of carbonyl (C=O) groups is 1. The molecule has 0 N–H and O–H groups in total. The second-order valence-corrected chi connectivity index (χ2v) is 7.11. The highest BCUT2D eigenvalue weighted by molar-refractivity contribution is 7.87. The lowest BCUT2D eigenvalue weighted by Gasteiger charge is -2.10. The fraction of sp³-hybridized carbons (Fsp3) is 0.0556. The van der Waals surface area contributed by atoms with Gasteiger partial charge in [-0.2, -0.15) is 8.42 Å². The monoisotopic (exact) mass is 376 g/mol. The molecule has 0 radical (unpaired) electrons. The zero-order valence-corrected chi connectivity index (χ0v) is 14.7. The largest absolute Gasteiger partial charge is 0.465 e. The van der Waals surface area contributed by atoms with Crippen molar-refractivity contribution >= 4 is 38.5 Å². The summed E-state index contributed by atoms with van der Waals surface area (Å²) in [6, 6.07) is 16.2. The van der Waals surface area contributed by atoms with Crippen LogP contribution in [-0.2, 0) is 14.9 Å². The Morgan fingerprint density at radius 3 is 2.40 bits per heavy atom. The highest BCUT2D eigenvalue weighted by Gasteiger charge is 2.22. The number of fused-ring (bicyclic) bond motifs is 1. The van der Waals surface area contributed by atoms with Crippen LogP contribution in [0.15, 0.2) is 65.6 Å². The summed E-state index contributed by atoms with van der Waals surface area (Å²) in [7, 11) is -3.01. The highest BCUT2D eigenvalue weighted by atomic mass is 35.5. The van der Waals surface area contributed by atoms with E-state index >= 15 is 0 Å². The van der Waals surface area contributed by atoms with Gasteiger partial charge in [-0.15, -0.1) is 0 Å². The molecule has 3 aromatic rings. The van der Waals surface area contributed by atoms with Crippen molar-refractivity contribution in [2.45, 2.75) is 4.90 Å². The van der Waals surface area contributed by atoms with Crippen LogP contribution in [-0.4, -0.2) is 21.5 Å². The van der Waals surface area contributed by atoms with E-state index in [1.54, 1.807) is 18.2 Å². The minimum absolute atomic E-state index is 0.0477. The van der Waals surface area contributed by atoms with E-state index in [0.29, 0.717) is 0 Å². The van der Waals surface area contributed by atoms with Crippen molar-refractivity contribution in [2.24, 2.45) is 0 Å². The van der Waals surface area contributed by atoms with Crippen LogP contribution in [0.2, 0.25) is 5.02 Å². The van der Waals surface area contributed by atoms with Gasteiger partial charge in [0.15, 0.2) is 0 Å². The van der Waals surface area contributed by atoms with E-state index in [-0.39, 0.29) is 21.2 Å². The number of esters is 1. The van der Waals surface area contributed by atoms with Crippen LogP contribution in [0.4, 0.5) is 0 Å². The molecule has 0 saturated heterocycles. The Hall–Kier alpha value is -2.57. The maximum Gasteiger partial charge on any atom is 0.340 e. The lowest BCUT2D eigenvalue weighted by molar-refractivity contribution is 0.0600. The molecule has 0 aliphatic heterocycles. The van der Waals surface area contributed by atoms with Gasteiger partial charge in [-0.25, -0.2) is 4.79 Å². The molecule has 0 atom stereocenters. The Balaban J connectivity index is 1.99. The summed E-state index contributed by atoms with van der Waals surface area (Å²) in [6.07, 6.45) is 0. The summed E-state index contributed by atoms with van der Waals surface area (Å²) in [5, 5.41) is 1.75. The predicted molar refractivity (Wildman–Crippen MR) is 94.6 cm³/mol. The summed E-state index contributed by atoms with van der Waals surface area (Å²) < 4.78 is 34.9. The van der Waals surface area contributed by atoms with Gasteiger partial charge < -0.3 is 8.92 Å². The van der Waals surface area contributed by atoms with Crippen molar-refractivity contribution in [2.75, 3.05) is 7.11 Å². The Labute approximate surface area is 149 Å². The van der Waals surface area contributed by atoms with E-state index in [4.69, 9.17) is 15.8 Å². The normalized spacial score (nSPS) is 11.3. The minimum Gasteiger partial charge on any atom is -0.465 e. The zero-order chi connectivity index (χ0) is 18.0. The first-order chi connectivity index (χ1) is 11.9. The van der Waals surface area contributed by atoms with Crippen LogP contribution in [0, 0.1) is 0 Å². The number of carbonyl (C=O) groups excluding carboxylic acids is 1. The maximum atomic E-state index is 12.6. The first-order valence-corrected chi connectivity index (χ1v) is 9.00. The van der Waals surface area contributed by atoms with Gasteiger partial charge in [-0.3, -0.25) is 0 Å². The molecule has 0 spiro atoms. The van der Waals surface area contributed by atoms with E-state index in [1.165, 1.54) is 19.2 Å². The maximum absolute atomic E-state index is 12.6. The molecule has 0 aliphatic carbocycles. The van der Waals surface area contributed by atoms with Gasteiger partial charge in [-0.05, 0) is 41.1 Å². The molecular weight excluding hydrogens is 364 g/mol. The van der Waals surface area contributed by atoms with Crippen molar-refractivity contribution < 1.29 is 22.1 Å². The van der Waals surface area contributed by atoms with Crippen molar-refractivity contribution in [3.05, 3.63) is 71.2 Å². The molecule has 3 aromatic carbocycles. The van der Waals surface area contributed by atoms with Crippen LogP contribution >= 0.6 is 11.6 Å². The topological polar surface area (TPSA) is 69.7 Å². The van der Waals surface area contributed by atoms with Gasteiger partial charge in [0.05, 0.1) is 17.7 Å². The van der Waals surface area contributed by atoms with Crippen LogP contribution in [0.25, 0.3) is 10.8 Å². The molecule has 25 heavy (non-hydrogen) atoms. The van der Waals surface area contributed by atoms with Crippen molar-refractivity contribution in [1.29, 1.82) is 0 Å². The number of hydrogen-bond acceptors (Lipinski definition) is 5. The molecule has 0 amide bonds. The lowest BCUT2D eigenvalue weighted by atomic mass is 10.1. The molecule has 0 aromatic heterocycles. The third-order valence-corrected chi connectivity index (χ3v) is 5.28. The molecule has 7 heteroatoms. The Morgan fingerprint density at radius 1 is 0.960 bits per heavy atom. The Kier molecular flexibility index (Phi) is 4.65. The summed E-state index contributed by atoms with van der Waals surface area (Å²) >= 11 is 5.98. The van der Waals surface area contributed by atoms with Gasteiger partial charge >= 0.3 is 16.1 Å². The third kappa shape index (κ3) is 3.60. The smallest absolute Gasteiger partial charge is 0.340 e. The standard InChI is InChI=1S/C18H13ClO5S/c1-23-18(20)14-7-9-16(19)17(11-14)25(21,22)24-15-8-6-12-4-2-3-5-13(12)10-15/h2-11H,1H3. The summed E-state index contributed by atoms with van der Waals surface area (Å²) in [5.74, 6) is -0.517. The molecule has 0 aliphatic rings. The zero-order valence-electron chi connectivity index (χ0n) is 13.1. The molecule has 0 fully saturated rings. The average molecular weight is 377 g/mol. The van der Waals surface area contributed by atoms with E-state index in [9.17, 15) is 13.2 Å². The van der Waals surface area contributed by atoms with Crippen LogP contribution < -0.4 is 4.18 Å². The number of ether oxygens (including phenoxy) is 1. The predicted octanol–water partition coefficient (Wildman–Crippen LogP) is 4.05. The van der Waals surface area contributed by atoms with Gasteiger partial charge in [0.25, 0.3) is 0 Å². The van der Waals surface area contributed by atoms with Crippen molar-refractivity contribution in [3.63, 3.8) is 0 Å². The summed E-state index contributed by atoms with van der Waals surface area (Å²) in [4.78, 5) is 11.3. The fourth-order valence-electron chi connectivity index (χ4n) is 2.33. The fourth-order valence-corrected chi connectivity index (χ4v) is 3.76. The molecule has 0 heterocycles. The van der Waals surface area contributed by atoms with E-state index in [2.05, 4.69) is 4.74 Å². The quantitative estimate of drug-likeness (QED) is 0.507. The van der Waals surface area contributed by atoms with Gasteiger partial charge in [-0.1, -0.05) is 41.9 Å². The van der Waals surface area contributed by atoms with Gasteiger partial charge in [0.2, 0.25) is 0 Å². The number of hydrogen-bond donors (Lipinski definition) is 0. The van der Waals surface area contributed by atoms with Crippen LogP contribution in [0.1, 0.15) is 10.4 Å². The first-order valence-electron chi connectivity index (χ1n) is 7.22. The molecular formula is C18H13ClO5S. The van der Waals surface area contributed by atoms with Gasteiger partial charge in [0.1, 0.15) is 10.6 Å². The second-order valence-electron chi connectivity index (χ2n) is 5.18. The second kappa shape index (κ2) is 6.74. The molecule has 0 unspecified atom stereocenters. The van der Waals surface area contributed by atoms with Crippen LogP contribution in [0.3, 0.4) is 0 Å².